The van der Waals surface area contributed by atoms with E-state index >= 15 is 0 Å². The Morgan fingerprint density at radius 3 is 2.12 bits per heavy atom. The lowest BCUT2D eigenvalue weighted by molar-refractivity contribution is -0.141. The Bertz CT molecular complexity index is 885. The minimum atomic E-state index is -1.00. The number of hydrogen-bond acceptors (Lipinski definition) is 6. The summed E-state index contributed by atoms with van der Waals surface area (Å²) in [5.41, 5.74) is 1.05. The second-order valence-corrected chi connectivity index (χ2v) is 8.26. The number of methoxy groups -OCH3 is 1. The molecule has 1 aromatic rings. The number of carbonyl (C=O) groups is 5. The minimum Gasteiger partial charge on any atom is -0.468 e. The summed E-state index contributed by atoms with van der Waals surface area (Å²) in [5, 5.41) is 10.2. The molecule has 4 amide bonds. The normalized spacial score (nSPS) is 12.1. The number of esters is 1. The fourth-order valence-corrected chi connectivity index (χ4v) is 2.95. The summed E-state index contributed by atoms with van der Waals surface area (Å²) in [6.07, 6.45) is 0.491. The smallest absolute Gasteiger partial charge is 0.325 e. The fourth-order valence-electron chi connectivity index (χ4n) is 2.95. The van der Waals surface area contributed by atoms with Gasteiger partial charge in [0, 0.05) is 12.0 Å². The van der Waals surface area contributed by atoms with E-state index in [2.05, 4.69) is 32.6 Å². The van der Waals surface area contributed by atoms with Crippen LogP contribution >= 0.6 is 0 Å². The minimum absolute atomic E-state index is 0.0636. The topological polar surface area (TPSA) is 143 Å². The molecule has 1 aromatic carbocycles. The van der Waals surface area contributed by atoms with E-state index in [0.29, 0.717) is 6.42 Å². The van der Waals surface area contributed by atoms with Gasteiger partial charge in [-0.1, -0.05) is 50.8 Å². The van der Waals surface area contributed by atoms with Crippen molar-refractivity contribution in [2.75, 3.05) is 20.2 Å². The van der Waals surface area contributed by atoms with Crippen LogP contribution in [0.4, 0.5) is 0 Å². The maximum atomic E-state index is 13.1. The predicted molar refractivity (Wildman–Crippen MR) is 126 cm³/mol. The molecule has 2 atom stereocenters. The van der Waals surface area contributed by atoms with E-state index in [1.165, 1.54) is 14.0 Å². The number of ether oxygens (including phenoxy) is 1. The molecule has 186 valence electrons. The highest BCUT2D eigenvalue weighted by molar-refractivity contribution is 5.96. The molecule has 10 heteroatoms. The zero-order valence-electron chi connectivity index (χ0n) is 20.1. The Balaban J connectivity index is 2.96. The molecule has 4 N–H and O–H groups in total. The van der Waals surface area contributed by atoms with E-state index in [0.717, 1.165) is 5.56 Å². The zero-order valence-corrected chi connectivity index (χ0v) is 20.1. The molecule has 0 bridgehead atoms. The summed E-state index contributed by atoms with van der Waals surface area (Å²) in [6.45, 7) is 8.14. The zero-order chi connectivity index (χ0) is 25.7. The number of hydrogen-bond donors (Lipinski definition) is 4. The van der Waals surface area contributed by atoms with Gasteiger partial charge in [-0.25, -0.2) is 0 Å². The van der Waals surface area contributed by atoms with Gasteiger partial charge in [-0.2, -0.15) is 0 Å². The third kappa shape index (κ3) is 10.8. The van der Waals surface area contributed by atoms with Gasteiger partial charge in [-0.3, -0.25) is 24.0 Å². The number of benzene rings is 1. The van der Waals surface area contributed by atoms with E-state index in [-0.39, 0.29) is 31.0 Å². The molecule has 0 heterocycles. The largest absolute Gasteiger partial charge is 0.468 e. The quantitative estimate of drug-likeness (QED) is 0.238. The molecule has 0 aliphatic rings. The highest BCUT2D eigenvalue weighted by Crippen LogP contribution is 2.08. The Kier molecular flexibility index (Phi) is 12.1. The molecule has 0 unspecified atom stereocenters. The van der Waals surface area contributed by atoms with Crippen LogP contribution in [-0.2, 0) is 35.1 Å². The second kappa shape index (κ2) is 14.5. The first-order valence-electron chi connectivity index (χ1n) is 10.9. The number of carbonyl (C=O) groups excluding carboxylic acids is 5. The van der Waals surface area contributed by atoms with Crippen LogP contribution in [0.3, 0.4) is 0 Å². The van der Waals surface area contributed by atoms with Gasteiger partial charge < -0.3 is 26.0 Å². The van der Waals surface area contributed by atoms with Crippen LogP contribution in [0.1, 0.15) is 32.8 Å². The molecule has 0 radical (unpaired) electrons. The van der Waals surface area contributed by atoms with Gasteiger partial charge in [0.1, 0.15) is 18.6 Å². The summed E-state index contributed by atoms with van der Waals surface area (Å²) in [5.74, 6) is -2.70. The van der Waals surface area contributed by atoms with Crippen LogP contribution in [0.2, 0.25) is 0 Å². The molecule has 0 fully saturated rings. The molecule has 34 heavy (non-hydrogen) atoms. The van der Waals surface area contributed by atoms with Crippen LogP contribution in [-0.4, -0.2) is 61.9 Å². The summed E-state index contributed by atoms with van der Waals surface area (Å²) in [6, 6.07) is 7.14. The Labute approximate surface area is 199 Å². The highest BCUT2D eigenvalue weighted by Gasteiger charge is 2.28. The second-order valence-electron chi connectivity index (χ2n) is 8.26. The van der Waals surface area contributed by atoms with Crippen molar-refractivity contribution < 1.29 is 28.7 Å². The predicted octanol–water partition coefficient (Wildman–Crippen LogP) is 0.226. The first-order valence-corrected chi connectivity index (χ1v) is 10.9. The van der Waals surface area contributed by atoms with Crippen LogP contribution in [0.5, 0.6) is 0 Å². The van der Waals surface area contributed by atoms with Crippen LogP contribution < -0.4 is 21.3 Å². The van der Waals surface area contributed by atoms with Crippen molar-refractivity contribution in [1.82, 2.24) is 21.3 Å². The molecule has 0 aliphatic heterocycles. The monoisotopic (exact) mass is 474 g/mol. The van der Waals surface area contributed by atoms with E-state index in [1.54, 1.807) is 12.1 Å². The van der Waals surface area contributed by atoms with Gasteiger partial charge in [0.2, 0.25) is 23.6 Å². The third-order valence-electron chi connectivity index (χ3n) is 4.71. The summed E-state index contributed by atoms with van der Waals surface area (Å²) >= 11 is 0. The van der Waals surface area contributed by atoms with E-state index in [9.17, 15) is 24.0 Å². The van der Waals surface area contributed by atoms with Crippen molar-refractivity contribution in [3.8, 4) is 0 Å². The van der Waals surface area contributed by atoms with Crippen LogP contribution in [0.25, 0.3) is 0 Å². The van der Waals surface area contributed by atoms with Crippen molar-refractivity contribution in [3.05, 3.63) is 48.0 Å². The van der Waals surface area contributed by atoms with E-state index < -0.39 is 41.7 Å². The van der Waals surface area contributed by atoms with E-state index in [1.807, 2.05) is 32.0 Å². The molecule has 0 saturated carbocycles. The van der Waals surface area contributed by atoms with Gasteiger partial charge in [-0.15, -0.1) is 0 Å². The Hall–Kier alpha value is -3.69. The lowest BCUT2D eigenvalue weighted by atomic mass is 10.0. The van der Waals surface area contributed by atoms with Crippen molar-refractivity contribution in [2.24, 2.45) is 5.92 Å². The van der Waals surface area contributed by atoms with Crippen molar-refractivity contribution in [2.45, 2.75) is 45.7 Å². The molecule has 1 rings (SSSR count). The van der Waals surface area contributed by atoms with Crippen LogP contribution in [0.15, 0.2) is 42.5 Å². The molecule has 0 aromatic heterocycles. The van der Waals surface area contributed by atoms with Gasteiger partial charge >= 0.3 is 5.97 Å². The number of amides is 4. The van der Waals surface area contributed by atoms with Crippen molar-refractivity contribution in [1.29, 1.82) is 0 Å². The maximum Gasteiger partial charge on any atom is 0.325 e. The molecule has 0 aliphatic carbocycles. The Morgan fingerprint density at radius 1 is 0.912 bits per heavy atom. The lowest BCUT2D eigenvalue weighted by Gasteiger charge is -2.24. The van der Waals surface area contributed by atoms with Crippen LogP contribution in [0, 0.1) is 5.92 Å². The van der Waals surface area contributed by atoms with Gasteiger partial charge in [0.25, 0.3) is 0 Å². The van der Waals surface area contributed by atoms with Gasteiger partial charge in [0.15, 0.2) is 0 Å². The lowest BCUT2D eigenvalue weighted by Crippen LogP contribution is -2.56. The third-order valence-corrected chi connectivity index (χ3v) is 4.71. The number of nitrogens with one attached hydrogen (secondary N) is 4. The molecule has 0 saturated heterocycles. The SMILES string of the molecule is C=C(C)C(=O)NCC(=O)N[C@@H](Cc1ccccc1)C(=O)N[C@@H](CC(C)C)C(=O)NCC(=O)OC. The average molecular weight is 475 g/mol. The first-order chi connectivity index (χ1) is 16.0. The molecular formula is C24H34N4O6. The van der Waals surface area contributed by atoms with Crippen molar-refractivity contribution >= 4 is 29.6 Å². The van der Waals surface area contributed by atoms with Gasteiger partial charge in [-0.05, 0) is 24.8 Å². The van der Waals surface area contributed by atoms with Crippen molar-refractivity contribution in [3.63, 3.8) is 0 Å². The first kappa shape index (κ1) is 28.3. The maximum absolute atomic E-state index is 13.1. The molecular weight excluding hydrogens is 440 g/mol. The standard InChI is InChI=1S/C24H34N4O6/c1-15(2)11-18(23(32)26-14-21(30)34-5)28-24(33)19(12-17-9-7-6-8-10-17)27-20(29)13-25-22(31)16(3)4/h6-10,15,18-19H,3,11-14H2,1-2,4-5H3,(H,25,31)(H,26,32)(H,27,29)(H,28,33)/t18-,19-/m0/s1. The van der Waals surface area contributed by atoms with Gasteiger partial charge in [0.05, 0.1) is 13.7 Å². The number of rotatable bonds is 13. The average Bonchev–Trinajstić information content (AvgIpc) is 2.79. The highest BCUT2D eigenvalue weighted by atomic mass is 16.5. The van der Waals surface area contributed by atoms with E-state index in [4.69, 9.17) is 0 Å². The molecule has 0 spiro atoms. The molecule has 10 nitrogen and oxygen atoms in total. The summed E-state index contributed by atoms with van der Waals surface area (Å²) < 4.78 is 4.52. The summed E-state index contributed by atoms with van der Waals surface area (Å²) in [4.78, 5) is 61.2. The fraction of sp³-hybridized carbons (Fsp3) is 0.458. The summed E-state index contributed by atoms with van der Waals surface area (Å²) in [7, 11) is 1.21. The Morgan fingerprint density at radius 2 is 1.56 bits per heavy atom.